The molecule has 2 unspecified atom stereocenters. The molecule has 5 N–H and O–H groups in total. The van der Waals surface area contributed by atoms with Gasteiger partial charge in [-0.15, -0.1) is 0 Å². The standard InChI is InChI=1S/C27H39N3O5S2/c1-16(2)35-24-10-6-18(13-23(24)28-4)27-29-14-25(36-27)26-17(3)5-7-20-21(26)8-9-22(20)30-37(33,34)15-19(32)11-12-31/h6-7,10,13-14,16-17,19,22,27-32H,5,8-9,11-12,15H2,1-4H3/t17?,19-,22-,27?/m0/s1. The fourth-order valence-corrected chi connectivity index (χ4v) is 7.96. The van der Waals surface area contributed by atoms with Crippen LogP contribution in [0.1, 0.15) is 57.4 Å². The molecule has 1 aromatic rings. The fraction of sp³-hybridized carbons (Fsp3) is 0.556. The molecule has 0 aromatic heterocycles. The Morgan fingerprint density at radius 2 is 2.08 bits per heavy atom. The smallest absolute Gasteiger partial charge is 0.214 e. The number of sulfonamides is 1. The fourth-order valence-electron chi connectivity index (χ4n) is 5.25. The maximum Gasteiger partial charge on any atom is 0.214 e. The van der Waals surface area contributed by atoms with Gasteiger partial charge in [-0.3, -0.25) is 0 Å². The van der Waals surface area contributed by atoms with Crippen LogP contribution in [0.4, 0.5) is 5.69 Å². The third-order valence-electron chi connectivity index (χ3n) is 6.93. The van der Waals surface area contributed by atoms with Crippen LogP contribution < -0.4 is 20.1 Å². The number of hydrogen-bond acceptors (Lipinski definition) is 8. The van der Waals surface area contributed by atoms with Gasteiger partial charge in [0.1, 0.15) is 11.1 Å². The van der Waals surface area contributed by atoms with E-state index in [4.69, 9.17) is 9.84 Å². The number of fused-ring (bicyclic) bond motifs is 1. The molecular weight excluding hydrogens is 510 g/mol. The van der Waals surface area contributed by atoms with Gasteiger partial charge in [-0.25, -0.2) is 13.1 Å². The second-order valence-corrected chi connectivity index (χ2v) is 13.1. The molecule has 10 heteroatoms. The van der Waals surface area contributed by atoms with Gasteiger partial charge in [-0.05, 0) is 79.9 Å². The second-order valence-electron chi connectivity index (χ2n) is 10.2. The van der Waals surface area contributed by atoms with Crippen molar-refractivity contribution < 1.29 is 23.4 Å². The van der Waals surface area contributed by atoms with E-state index in [1.54, 1.807) is 11.8 Å². The highest BCUT2D eigenvalue weighted by Crippen LogP contribution is 2.50. The predicted octanol–water partition coefficient (Wildman–Crippen LogP) is 3.78. The lowest BCUT2D eigenvalue weighted by atomic mass is 9.84. The Morgan fingerprint density at radius 3 is 2.78 bits per heavy atom. The Bertz CT molecular complexity index is 1190. The normalized spacial score (nSPS) is 24.5. The van der Waals surface area contributed by atoms with Crippen molar-refractivity contribution >= 4 is 27.5 Å². The third kappa shape index (κ3) is 6.54. The summed E-state index contributed by atoms with van der Waals surface area (Å²) >= 11 is 1.79. The van der Waals surface area contributed by atoms with E-state index in [2.05, 4.69) is 46.7 Å². The van der Waals surface area contributed by atoms with Crippen LogP contribution in [0.15, 0.2) is 52.1 Å². The lowest BCUT2D eigenvalue weighted by Crippen LogP contribution is -2.39. The molecule has 1 aromatic carbocycles. The Kier molecular flexibility index (Phi) is 8.96. The molecule has 1 saturated carbocycles. The Balaban J connectivity index is 1.49. The number of aliphatic hydroxyl groups excluding tert-OH is 2. The van der Waals surface area contributed by atoms with Crippen molar-refractivity contribution in [2.24, 2.45) is 5.92 Å². The zero-order valence-corrected chi connectivity index (χ0v) is 23.6. The average Bonchev–Trinajstić information content (AvgIpc) is 3.46. The summed E-state index contributed by atoms with van der Waals surface area (Å²) in [5.74, 6) is 0.776. The van der Waals surface area contributed by atoms with Crippen molar-refractivity contribution in [1.82, 2.24) is 10.0 Å². The zero-order chi connectivity index (χ0) is 26.7. The van der Waals surface area contributed by atoms with Gasteiger partial charge in [0.25, 0.3) is 0 Å². The van der Waals surface area contributed by atoms with E-state index in [9.17, 15) is 13.5 Å². The van der Waals surface area contributed by atoms with Gasteiger partial charge in [0.2, 0.25) is 10.0 Å². The van der Waals surface area contributed by atoms with Crippen molar-refractivity contribution in [1.29, 1.82) is 0 Å². The molecule has 0 saturated heterocycles. The second kappa shape index (κ2) is 11.8. The van der Waals surface area contributed by atoms with Gasteiger partial charge >= 0.3 is 0 Å². The lowest BCUT2D eigenvalue weighted by molar-refractivity contribution is 0.150. The van der Waals surface area contributed by atoms with E-state index in [1.807, 2.05) is 27.0 Å². The minimum absolute atomic E-state index is 0.0456. The molecule has 1 aliphatic heterocycles. The average molecular weight is 550 g/mol. The molecule has 0 spiro atoms. The van der Waals surface area contributed by atoms with E-state index in [1.165, 1.54) is 16.1 Å². The third-order valence-corrected chi connectivity index (χ3v) is 9.63. The molecule has 3 aliphatic rings. The van der Waals surface area contributed by atoms with Gasteiger partial charge in [-0.1, -0.05) is 30.8 Å². The first-order valence-corrected chi connectivity index (χ1v) is 15.5. The molecule has 1 heterocycles. The highest BCUT2D eigenvalue weighted by atomic mass is 32.2. The predicted molar refractivity (Wildman–Crippen MR) is 150 cm³/mol. The number of allylic oxidation sites excluding steroid dienone is 2. The van der Waals surface area contributed by atoms with Crippen LogP contribution in [0.5, 0.6) is 5.75 Å². The van der Waals surface area contributed by atoms with Crippen molar-refractivity contribution in [3.63, 3.8) is 0 Å². The van der Waals surface area contributed by atoms with Gasteiger partial charge in [0, 0.05) is 30.8 Å². The van der Waals surface area contributed by atoms with Gasteiger partial charge < -0.3 is 25.6 Å². The number of thioether (sulfide) groups is 1. The highest BCUT2D eigenvalue weighted by Gasteiger charge is 2.37. The van der Waals surface area contributed by atoms with E-state index >= 15 is 0 Å². The highest BCUT2D eigenvalue weighted by molar-refractivity contribution is 8.03. The molecule has 0 amide bonds. The zero-order valence-electron chi connectivity index (χ0n) is 22.0. The van der Waals surface area contributed by atoms with Crippen LogP contribution in [-0.2, 0) is 10.0 Å². The largest absolute Gasteiger partial charge is 0.489 e. The maximum absolute atomic E-state index is 12.6. The summed E-state index contributed by atoms with van der Waals surface area (Å²) in [6.07, 6.45) is 5.70. The molecule has 1 fully saturated rings. The molecule has 0 radical (unpaired) electrons. The summed E-state index contributed by atoms with van der Waals surface area (Å²) in [6, 6.07) is 5.95. The van der Waals surface area contributed by atoms with Crippen LogP contribution in [-0.4, -0.2) is 56.3 Å². The number of benzene rings is 1. The Labute approximate surface area is 224 Å². The van der Waals surface area contributed by atoms with E-state index in [0.717, 1.165) is 35.4 Å². The molecule has 0 bridgehead atoms. The van der Waals surface area contributed by atoms with Gasteiger partial charge in [0.15, 0.2) is 0 Å². The van der Waals surface area contributed by atoms with Crippen molar-refractivity contribution in [3.05, 3.63) is 57.7 Å². The molecule has 4 rings (SSSR count). The van der Waals surface area contributed by atoms with Crippen LogP contribution in [0, 0.1) is 5.92 Å². The summed E-state index contributed by atoms with van der Waals surface area (Å²) in [6.45, 7) is 6.01. The summed E-state index contributed by atoms with van der Waals surface area (Å²) in [4.78, 5) is 1.20. The van der Waals surface area contributed by atoms with E-state index < -0.39 is 21.9 Å². The number of rotatable bonds is 11. The number of hydrogen-bond donors (Lipinski definition) is 5. The molecule has 2 aliphatic carbocycles. The van der Waals surface area contributed by atoms with Crippen molar-refractivity contribution in [3.8, 4) is 5.75 Å². The first-order valence-electron chi connectivity index (χ1n) is 13.0. The topological polar surface area (TPSA) is 120 Å². The lowest BCUT2D eigenvalue weighted by Gasteiger charge is -2.26. The van der Waals surface area contributed by atoms with Crippen molar-refractivity contribution in [2.75, 3.05) is 24.7 Å². The maximum atomic E-state index is 12.6. The SMILES string of the molecule is CNc1cc(C2NC=C(C3=C4CC[C@H](NS(=O)(=O)C[C@@H](O)CCO)C4=CCC3C)S2)ccc1OC(C)C. The van der Waals surface area contributed by atoms with Crippen LogP contribution in [0.2, 0.25) is 0 Å². The summed E-state index contributed by atoms with van der Waals surface area (Å²) in [5.41, 5.74) is 5.70. The van der Waals surface area contributed by atoms with Crippen LogP contribution in [0.25, 0.3) is 0 Å². The summed E-state index contributed by atoms with van der Waals surface area (Å²) in [5, 5.41) is 25.7. The van der Waals surface area contributed by atoms with Crippen LogP contribution >= 0.6 is 11.8 Å². The van der Waals surface area contributed by atoms with E-state index in [0.29, 0.717) is 12.3 Å². The number of anilines is 1. The van der Waals surface area contributed by atoms with Crippen LogP contribution in [0.3, 0.4) is 0 Å². The summed E-state index contributed by atoms with van der Waals surface area (Å²) < 4.78 is 34.0. The molecule has 4 atom stereocenters. The summed E-state index contributed by atoms with van der Waals surface area (Å²) in [7, 11) is -1.78. The molecule has 37 heavy (non-hydrogen) atoms. The Hall–Kier alpha value is -1.98. The first kappa shape index (κ1) is 28.0. The minimum Gasteiger partial charge on any atom is -0.489 e. The first-order chi connectivity index (χ1) is 17.6. The minimum atomic E-state index is -3.67. The number of ether oxygens (including phenoxy) is 1. The molecular formula is C27H39N3O5S2. The number of nitrogens with one attached hydrogen (secondary N) is 3. The molecule has 8 nitrogen and oxygen atoms in total. The van der Waals surface area contributed by atoms with Gasteiger partial charge in [0.05, 0.1) is 23.6 Å². The van der Waals surface area contributed by atoms with Gasteiger partial charge in [-0.2, -0.15) is 0 Å². The van der Waals surface area contributed by atoms with Crippen molar-refractivity contribution in [2.45, 2.75) is 70.1 Å². The quantitative estimate of drug-likeness (QED) is 0.283. The van der Waals surface area contributed by atoms with E-state index in [-0.39, 0.29) is 30.5 Å². The molecule has 204 valence electrons. The monoisotopic (exact) mass is 549 g/mol. The number of aliphatic hydroxyl groups is 2. The Morgan fingerprint density at radius 1 is 1.30 bits per heavy atom.